The van der Waals surface area contributed by atoms with Gasteiger partial charge in [-0.2, -0.15) is 4.89 Å². The van der Waals surface area contributed by atoms with Gasteiger partial charge in [0.2, 0.25) is 0 Å². The molecule has 0 aromatic rings. The quantitative estimate of drug-likeness (QED) is 0.335. The van der Waals surface area contributed by atoms with E-state index in [1.165, 1.54) is 19.3 Å². The predicted molar refractivity (Wildman–Crippen MR) is 60.3 cm³/mol. The van der Waals surface area contributed by atoms with Crippen molar-refractivity contribution in [2.24, 2.45) is 0 Å². The van der Waals surface area contributed by atoms with Crippen LogP contribution in [0.1, 0.15) is 65.7 Å². The van der Waals surface area contributed by atoms with Crippen LogP contribution in [0.3, 0.4) is 0 Å². The van der Waals surface area contributed by atoms with Crippen molar-refractivity contribution >= 4 is 5.97 Å². The van der Waals surface area contributed by atoms with Crippen molar-refractivity contribution in [2.75, 3.05) is 0 Å². The predicted octanol–water partition coefficient (Wildman–Crippen LogP) is 3.62. The van der Waals surface area contributed by atoms with Gasteiger partial charge in [-0.15, -0.1) is 0 Å². The molecular weight excluding hydrogens is 192 g/mol. The molecule has 3 heteroatoms. The zero-order valence-corrected chi connectivity index (χ0v) is 10.3. The monoisotopic (exact) mass is 216 g/mol. The first-order chi connectivity index (χ1) is 7.20. The van der Waals surface area contributed by atoms with Gasteiger partial charge in [-0.25, -0.2) is 4.79 Å². The van der Waals surface area contributed by atoms with E-state index in [0.29, 0.717) is 6.42 Å². The van der Waals surface area contributed by atoms with Gasteiger partial charge in [-0.3, -0.25) is 4.89 Å². The third-order valence-electron chi connectivity index (χ3n) is 2.36. The van der Waals surface area contributed by atoms with Gasteiger partial charge >= 0.3 is 5.97 Å². The highest BCUT2D eigenvalue weighted by atomic mass is 17.2. The topological polar surface area (TPSA) is 35.5 Å². The first kappa shape index (κ1) is 14.4. The second kappa shape index (κ2) is 9.97. The lowest BCUT2D eigenvalue weighted by Crippen LogP contribution is -2.12. The smallest absolute Gasteiger partial charge is 0.298 e. The Hall–Kier alpha value is -0.570. The highest BCUT2D eigenvalue weighted by molar-refractivity contribution is 5.68. The van der Waals surface area contributed by atoms with E-state index in [1.54, 1.807) is 0 Å². The molecule has 0 aromatic carbocycles. The summed E-state index contributed by atoms with van der Waals surface area (Å²) in [7, 11) is 0. The van der Waals surface area contributed by atoms with E-state index in [0.717, 1.165) is 19.3 Å². The first-order valence-corrected chi connectivity index (χ1v) is 6.06. The fourth-order valence-electron chi connectivity index (χ4n) is 1.12. The van der Waals surface area contributed by atoms with Crippen LogP contribution < -0.4 is 0 Å². The molecule has 0 fully saturated rings. The fourth-order valence-corrected chi connectivity index (χ4v) is 1.12. The van der Waals surface area contributed by atoms with E-state index in [2.05, 4.69) is 11.8 Å². The van der Waals surface area contributed by atoms with E-state index in [9.17, 15) is 4.79 Å². The summed E-state index contributed by atoms with van der Waals surface area (Å²) in [5.41, 5.74) is 0. The summed E-state index contributed by atoms with van der Waals surface area (Å²) in [6.45, 7) is 6.05. The summed E-state index contributed by atoms with van der Waals surface area (Å²) in [5.74, 6) is -0.244. The molecule has 3 nitrogen and oxygen atoms in total. The molecule has 0 rings (SSSR count). The zero-order chi connectivity index (χ0) is 11.5. The van der Waals surface area contributed by atoms with Crippen molar-refractivity contribution in [3.63, 3.8) is 0 Å². The normalized spacial score (nSPS) is 12.5. The average Bonchev–Trinajstić information content (AvgIpc) is 2.25. The van der Waals surface area contributed by atoms with Crippen molar-refractivity contribution in [1.82, 2.24) is 0 Å². The number of rotatable bonds is 9. The highest BCUT2D eigenvalue weighted by Crippen LogP contribution is 2.06. The van der Waals surface area contributed by atoms with Crippen LogP contribution >= 0.6 is 0 Å². The summed E-state index contributed by atoms with van der Waals surface area (Å²) < 4.78 is 0. The minimum Gasteiger partial charge on any atom is -0.298 e. The van der Waals surface area contributed by atoms with Crippen molar-refractivity contribution < 1.29 is 14.6 Å². The second-order valence-electron chi connectivity index (χ2n) is 3.93. The number of unbranched alkanes of at least 4 members (excludes halogenated alkanes) is 4. The molecule has 0 N–H and O–H groups in total. The number of carbonyl (C=O) groups is 1. The summed E-state index contributed by atoms with van der Waals surface area (Å²) in [6.07, 6.45) is 7.00. The molecule has 0 aliphatic heterocycles. The zero-order valence-electron chi connectivity index (χ0n) is 10.3. The van der Waals surface area contributed by atoms with E-state index < -0.39 is 0 Å². The Morgan fingerprint density at radius 1 is 1.13 bits per heavy atom. The van der Waals surface area contributed by atoms with E-state index in [-0.39, 0.29) is 12.1 Å². The highest BCUT2D eigenvalue weighted by Gasteiger charge is 2.06. The Balaban J connectivity index is 3.26. The van der Waals surface area contributed by atoms with E-state index >= 15 is 0 Å². The molecule has 0 aliphatic rings. The molecule has 1 unspecified atom stereocenters. The van der Waals surface area contributed by atoms with Gasteiger partial charge < -0.3 is 0 Å². The SMILES string of the molecule is CCCCCCCC(=O)OOC(C)CC. The number of carbonyl (C=O) groups excluding carboxylic acids is 1. The van der Waals surface area contributed by atoms with Crippen LogP contribution in [0, 0.1) is 0 Å². The van der Waals surface area contributed by atoms with Crippen LogP contribution in [-0.4, -0.2) is 12.1 Å². The Morgan fingerprint density at radius 3 is 2.40 bits per heavy atom. The van der Waals surface area contributed by atoms with Gasteiger partial charge in [-0.1, -0.05) is 39.5 Å². The molecule has 1 atom stereocenters. The van der Waals surface area contributed by atoms with Crippen molar-refractivity contribution in [1.29, 1.82) is 0 Å². The Morgan fingerprint density at radius 2 is 1.80 bits per heavy atom. The van der Waals surface area contributed by atoms with Crippen molar-refractivity contribution in [3.8, 4) is 0 Å². The van der Waals surface area contributed by atoms with Gasteiger partial charge in [0, 0.05) is 6.42 Å². The largest absolute Gasteiger partial charge is 0.342 e. The Bertz CT molecular complexity index is 157. The molecule has 0 bridgehead atoms. The standard InChI is InChI=1S/C12H24O3/c1-4-6-7-8-9-10-12(13)15-14-11(3)5-2/h11H,4-10H2,1-3H3. The summed E-state index contributed by atoms with van der Waals surface area (Å²) in [4.78, 5) is 20.7. The molecule has 0 heterocycles. The van der Waals surface area contributed by atoms with E-state index in [4.69, 9.17) is 4.89 Å². The molecule has 0 amide bonds. The van der Waals surface area contributed by atoms with Gasteiger partial charge in [0.25, 0.3) is 0 Å². The minimum atomic E-state index is -0.244. The summed E-state index contributed by atoms with van der Waals surface area (Å²) in [5, 5.41) is 0. The number of hydrogen-bond donors (Lipinski definition) is 0. The lowest BCUT2D eigenvalue weighted by Gasteiger charge is -2.08. The third-order valence-corrected chi connectivity index (χ3v) is 2.36. The maximum absolute atomic E-state index is 11.1. The fraction of sp³-hybridized carbons (Fsp3) is 0.917. The van der Waals surface area contributed by atoms with Gasteiger partial charge in [0.05, 0.1) is 0 Å². The summed E-state index contributed by atoms with van der Waals surface area (Å²) >= 11 is 0. The van der Waals surface area contributed by atoms with Crippen LogP contribution in [0.5, 0.6) is 0 Å². The van der Waals surface area contributed by atoms with Crippen LogP contribution in [-0.2, 0) is 14.6 Å². The maximum atomic E-state index is 11.1. The maximum Gasteiger partial charge on any atom is 0.342 e. The molecule has 90 valence electrons. The molecule has 0 radical (unpaired) electrons. The molecule has 0 aliphatic carbocycles. The van der Waals surface area contributed by atoms with E-state index in [1.807, 2.05) is 13.8 Å². The van der Waals surface area contributed by atoms with Crippen LogP contribution in [0.25, 0.3) is 0 Å². The van der Waals surface area contributed by atoms with Gasteiger partial charge in [0.1, 0.15) is 6.10 Å². The Kier molecular flexibility index (Phi) is 9.59. The Labute approximate surface area is 93.1 Å². The molecule has 0 saturated heterocycles. The van der Waals surface area contributed by atoms with Gasteiger partial charge in [0.15, 0.2) is 0 Å². The lowest BCUT2D eigenvalue weighted by molar-refractivity contribution is -0.295. The molecule has 0 aromatic heterocycles. The third kappa shape index (κ3) is 9.73. The lowest BCUT2D eigenvalue weighted by atomic mass is 10.1. The molecule has 0 spiro atoms. The van der Waals surface area contributed by atoms with Gasteiger partial charge in [-0.05, 0) is 19.8 Å². The van der Waals surface area contributed by atoms with Crippen LogP contribution in [0.15, 0.2) is 0 Å². The molecule has 0 saturated carbocycles. The van der Waals surface area contributed by atoms with Crippen LogP contribution in [0.4, 0.5) is 0 Å². The second-order valence-corrected chi connectivity index (χ2v) is 3.93. The van der Waals surface area contributed by atoms with Crippen molar-refractivity contribution in [2.45, 2.75) is 71.8 Å². The first-order valence-electron chi connectivity index (χ1n) is 6.06. The van der Waals surface area contributed by atoms with Crippen molar-refractivity contribution in [3.05, 3.63) is 0 Å². The summed E-state index contributed by atoms with van der Waals surface area (Å²) in [6, 6.07) is 0. The minimum absolute atomic E-state index is 0.00552. The average molecular weight is 216 g/mol. The van der Waals surface area contributed by atoms with Crippen LogP contribution in [0.2, 0.25) is 0 Å². The molecular formula is C12H24O3. The molecule has 15 heavy (non-hydrogen) atoms. The number of hydrogen-bond acceptors (Lipinski definition) is 3.